The van der Waals surface area contributed by atoms with E-state index in [4.69, 9.17) is 9.47 Å². The first-order valence-corrected chi connectivity index (χ1v) is 10.3. The van der Waals surface area contributed by atoms with Crippen molar-refractivity contribution in [3.63, 3.8) is 0 Å². The lowest BCUT2D eigenvalue weighted by atomic mass is 9.99. The Morgan fingerprint density at radius 2 is 1.68 bits per heavy atom. The maximum atomic E-state index is 12.7. The minimum Gasteiger partial charge on any atom is -0.489 e. The molecule has 148 valence electrons. The van der Waals surface area contributed by atoms with Crippen LogP contribution in [0.1, 0.15) is 49.7 Å². The van der Waals surface area contributed by atoms with Crippen molar-refractivity contribution in [2.45, 2.75) is 63.3 Å². The minimum absolute atomic E-state index is 0.0668. The molecule has 2 bridgehead atoms. The van der Waals surface area contributed by atoms with Gasteiger partial charge in [-0.2, -0.15) is 0 Å². The molecule has 0 aliphatic carbocycles. The quantitative estimate of drug-likeness (QED) is 0.691. The third-order valence-electron chi connectivity index (χ3n) is 6.32. The van der Waals surface area contributed by atoms with Crippen molar-refractivity contribution in [3.8, 4) is 5.75 Å². The van der Waals surface area contributed by atoms with Crippen molar-refractivity contribution in [1.82, 2.24) is 4.90 Å². The first kappa shape index (κ1) is 19.0. The molecule has 4 rings (SSSR count). The Morgan fingerprint density at radius 3 is 2.32 bits per heavy atom. The van der Waals surface area contributed by atoms with Gasteiger partial charge in [0.15, 0.2) is 0 Å². The molecule has 2 aliphatic heterocycles. The van der Waals surface area contributed by atoms with Crippen molar-refractivity contribution in [2.24, 2.45) is 0 Å². The molecular weight excluding hydrogens is 350 g/mol. The summed E-state index contributed by atoms with van der Waals surface area (Å²) in [5, 5.41) is 0. The van der Waals surface area contributed by atoms with E-state index in [0.29, 0.717) is 18.7 Å². The van der Waals surface area contributed by atoms with Crippen molar-refractivity contribution >= 4 is 5.97 Å². The molecule has 0 amide bonds. The van der Waals surface area contributed by atoms with Gasteiger partial charge >= 0.3 is 5.97 Å². The number of fused-ring (bicyclic) bond motifs is 2. The van der Waals surface area contributed by atoms with Crippen LogP contribution in [0.5, 0.6) is 5.75 Å². The predicted octanol–water partition coefficient (Wildman–Crippen LogP) is 4.54. The summed E-state index contributed by atoms with van der Waals surface area (Å²) in [5.74, 6) is 0.424. The van der Waals surface area contributed by atoms with Gasteiger partial charge in [-0.05, 0) is 62.9 Å². The number of ether oxygens (including phenoxy) is 2. The largest absolute Gasteiger partial charge is 0.489 e. The topological polar surface area (TPSA) is 38.8 Å². The fourth-order valence-corrected chi connectivity index (χ4v) is 4.45. The standard InChI is InChI=1S/C24H29NO3/c1-17(24(26)28-23-14-20-10-11-21(15-23)25(20)2)19-8-12-22(13-9-19)27-16-18-6-4-3-5-7-18/h3-9,12-13,17,20-21,23H,10-11,14-16H2,1-2H3. The summed E-state index contributed by atoms with van der Waals surface area (Å²) in [5.41, 5.74) is 2.10. The van der Waals surface area contributed by atoms with E-state index in [1.54, 1.807) is 0 Å². The summed E-state index contributed by atoms with van der Waals surface area (Å²) in [4.78, 5) is 15.1. The summed E-state index contributed by atoms with van der Waals surface area (Å²) in [7, 11) is 2.20. The molecule has 0 spiro atoms. The van der Waals surface area contributed by atoms with Gasteiger partial charge in [0.1, 0.15) is 18.5 Å². The van der Waals surface area contributed by atoms with E-state index in [1.165, 1.54) is 12.8 Å². The highest BCUT2D eigenvalue weighted by Gasteiger charge is 2.40. The van der Waals surface area contributed by atoms with Crippen molar-refractivity contribution in [2.75, 3.05) is 7.05 Å². The second-order valence-electron chi connectivity index (χ2n) is 8.15. The van der Waals surface area contributed by atoms with Crippen molar-refractivity contribution in [3.05, 3.63) is 65.7 Å². The third-order valence-corrected chi connectivity index (χ3v) is 6.32. The first-order valence-electron chi connectivity index (χ1n) is 10.3. The number of nitrogens with zero attached hydrogens (tertiary/aromatic N) is 1. The second-order valence-corrected chi connectivity index (χ2v) is 8.15. The fraction of sp³-hybridized carbons (Fsp3) is 0.458. The van der Waals surface area contributed by atoms with Crippen LogP contribution >= 0.6 is 0 Å². The number of benzene rings is 2. The summed E-state index contributed by atoms with van der Waals surface area (Å²) >= 11 is 0. The number of esters is 1. The van der Waals surface area contributed by atoms with E-state index in [2.05, 4.69) is 11.9 Å². The SMILES string of the molecule is CC(C(=O)OC1CC2CCC(C1)N2C)c1ccc(OCc2ccccc2)cc1. The lowest BCUT2D eigenvalue weighted by molar-refractivity contribution is -0.153. The Kier molecular flexibility index (Phi) is 5.67. The molecule has 2 fully saturated rings. The third kappa shape index (κ3) is 4.22. The number of hydrogen-bond acceptors (Lipinski definition) is 4. The van der Waals surface area contributed by atoms with Crippen LogP contribution in [0, 0.1) is 0 Å². The Labute approximate surface area is 167 Å². The van der Waals surface area contributed by atoms with Gasteiger partial charge in [-0.15, -0.1) is 0 Å². The molecule has 2 heterocycles. The van der Waals surface area contributed by atoms with Crippen LogP contribution in [-0.2, 0) is 16.1 Å². The maximum Gasteiger partial charge on any atom is 0.313 e. The highest BCUT2D eigenvalue weighted by Crippen LogP contribution is 2.36. The Morgan fingerprint density at radius 1 is 1.04 bits per heavy atom. The summed E-state index contributed by atoms with van der Waals surface area (Å²) < 4.78 is 11.7. The molecule has 2 aromatic carbocycles. The zero-order valence-corrected chi connectivity index (χ0v) is 16.7. The molecule has 2 aromatic rings. The van der Waals surface area contributed by atoms with Crippen LogP contribution in [0.25, 0.3) is 0 Å². The normalized spacial score (nSPS) is 25.3. The van der Waals surface area contributed by atoms with Crippen molar-refractivity contribution in [1.29, 1.82) is 0 Å². The average Bonchev–Trinajstić information content (AvgIpc) is 2.93. The minimum atomic E-state index is -0.263. The second kappa shape index (κ2) is 8.36. The zero-order chi connectivity index (χ0) is 19.5. The van der Waals surface area contributed by atoms with Gasteiger partial charge in [0.2, 0.25) is 0 Å². The zero-order valence-electron chi connectivity index (χ0n) is 16.7. The van der Waals surface area contributed by atoms with Gasteiger partial charge < -0.3 is 14.4 Å². The number of rotatable bonds is 6. The average molecular weight is 380 g/mol. The van der Waals surface area contributed by atoms with E-state index in [0.717, 1.165) is 29.7 Å². The summed E-state index contributed by atoms with van der Waals surface area (Å²) in [6, 6.07) is 19.0. The van der Waals surface area contributed by atoms with Gasteiger partial charge in [-0.25, -0.2) is 0 Å². The molecule has 28 heavy (non-hydrogen) atoms. The van der Waals surface area contributed by atoms with E-state index in [9.17, 15) is 4.79 Å². The highest BCUT2D eigenvalue weighted by molar-refractivity contribution is 5.77. The van der Waals surface area contributed by atoms with Crippen molar-refractivity contribution < 1.29 is 14.3 Å². The Hall–Kier alpha value is -2.33. The number of carbonyl (C=O) groups excluding carboxylic acids is 1. The van der Waals surface area contributed by atoms with E-state index < -0.39 is 0 Å². The lowest BCUT2D eigenvalue weighted by Crippen LogP contribution is -2.43. The molecule has 0 aromatic heterocycles. The van der Waals surface area contributed by atoms with Crippen LogP contribution in [0.4, 0.5) is 0 Å². The number of carbonyl (C=O) groups is 1. The van der Waals surface area contributed by atoms with Crippen LogP contribution in [0.15, 0.2) is 54.6 Å². The van der Waals surface area contributed by atoms with Gasteiger partial charge in [0.05, 0.1) is 5.92 Å². The van der Waals surface area contributed by atoms with Gasteiger partial charge in [0.25, 0.3) is 0 Å². The van der Waals surface area contributed by atoms with Gasteiger partial charge in [-0.1, -0.05) is 42.5 Å². The van der Waals surface area contributed by atoms with E-state index in [1.807, 2.05) is 61.5 Å². The Balaban J connectivity index is 1.30. The summed E-state index contributed by atoms with van der Waals surface area (Å²) in [6.07, 6.45) is 4.47. The highest BCUT2D eigenvalue weighted by atomic mass is 16.5. The van der Waals surface area contributed by atoms with Crippen LogP contribution in [0.2, 0.25) is 0 Å². The molecule has 2 aliphatic rings. The monoisotopic (exact) mass is 379 g/mol. The smallest absolute Gasteiger partial charge is 0.313 e. The van der Waals surface area contributed by atoms with Crippen LogP contribution in [0.3, 0.4) is 0 Å². The molecule has 0 N–H and O–H groups in total. The van der Waals surface area contributed by atoms with Gasteiger partial charge in [-0.3, -0.25) is 4.79 Å². The first-order chi connectivity index (χ1) is 13.6. The molecule has 0 saturated carbocycles. The molecule has 4 heteroatoms. The lowest BCUT2D eigenvalue weighted by Gasteiger charge is -2.36. The molecule has 0 radical (unpaired) electrons. The molecular formula is C24H29NO3. The maximum absolute atomic E-state index is 12.7. The van der Waals surface area contributed by atoms with E-state index in [-0.39, 0.29) is 18.0 Å². The fourth-order valence-electron chi connectivity index (χ4n) is 4.45. The predicted molar refractivity (Wildman–Crippen MR) is 109 cm³/mol. The number of hydrogen-bond donors (Lipinski definition) is 0. The molecule has 3 atom stereocenters. The van der Waals surface area contributed by atoms with E-state index >= 15 is 0 Å². The molecule has 2 saturated heterocycles. The molecule has 3 unspecified atom stereocenters. The molecule has 4 nitrogen and oxygen atoms in total. The van der Waals surface area contributed by atoms with Gasteiger partial charge in [0, 0.05) is 12.1 Å². The van der Waals surface area contributed by atoms with Crippen LogP contribution < -0.4 is 4.74 Å². The van der Waals surface area contributed by atoms with Crippen LogP contribution in [-0.4, -0.2) is 36.1 Å². The Bertz CT molecular complexity index is 775. The summed E-state index contributed by atoms with van der Waals surface area (Å²) in [6.45, 7) is 2.46. The number of piperidine rings is 1.